The first kappa shape index (κ1) is 12.9. The number of rotatable bonds is 4. The van der Waals surface area contributed by atoms with Crippen LogP contribution in [0, 0.1) is 0 Å². The molecule has 2 aromatic rings. The van der Waals surface area contributed by atoms with Crippen LogP contribution in [0.5, 0.6) is 0 Å². The molecule has 2 heterocycles. The molecule has 1 N–H and O–H groups in total. The van der Waals surface area contributed by atoms with Crippen LogP contribution >= 0.6 is 0 Å². The summed E-state index contributed by atoms with van der Waals surface area (Å²) >= 11 is 0. The topological polar surface area (TPSA) is 41.1 Å². The van der Waals surface area contributed by atoms with E-state index in [1.165, 1.54) is 16.7 Å². The Morgan fingerprint density at radius 2 is 1.80 bits per heavy atom. The summed E-state index contributed by atoms with van der Waals surface area (Å²) in [6, 6.07) is 8.61. The van der Waals surface area contributed by atoms with Crippen LogP contribution in [0.15, 0.2) is 30.6 Å². The fourth-order valence-corrected chi connectivity index (χ4v) is 2.80. The standard InChI is InChI=1S/C16H20N4/c1-3-14-15(17-4-2)18-11-19-16(14)20-9-12-7-5-6-8-13(12)10-20/h5-8,11H,3-4,9-10H2,1-2H3,(H,17,18,19). The molecular formula is C16H20N4. The van der Waals surface area contributed by atoms with E-state index in [2.05, 4.69) is 58.3 Å². The van der Waals surface area contributed by atoms with Crippen molar-refractivity contribution in [2.75, 3.05) is 16.8 Å². The van der Waals surface area contributed by atoms with Crippen molar-refractivity contribution in [3.8, 4) is 0 Å². The number of nitrogens with one attached hydrogen (secondary N) is 1. The molecular weight excluding hydrogens is 248 g/mol. The molecule has 0 fully saturated rings. The molecule has 1 aliphatic heterocycles. The van der Waals surface area contributed by atoms with E-state index in [9.17, 15) is 0 Å². The van der Waals surface area contributed by atoms with Gasteiger partial charge in [0.25, 0.3) is 0 Å². The van der Waals surface area contributed by atoms with Crippen molar-refractivity contribution in [1.82, 2.24) is 9.97 Å². The lowest BCUT2D eigenvalue weighted by Gasteiger charge is -2.21. The second-order valence-electron chi connectivity index (χ2n) is 5.03. The minimum absolute atomic E-state index is 0.879. The van der Waals surface area contributed by atoms with E-state index in [1.807, 2.05) is 0 Å². The molecule has 0 unspecified atom stereocenters. The molecule has 0 saturated carbocycles. The number of anilines is 2. The highest BCUT2D eigenvalue weighted by molar-refractivity contribution is 5.60. The van der Waals surface area contributed by atoms with Crippen molar-refractivity contribution in [3.63, 3.8) is 0 Å². The number of nitrogens with zero attached hydrogens (tertiary/aromatic N) is 3. The van der Waals surface area contributed by atoms with Gasteiger partial charge in [0.05, 0.1) is 0 Å². The van der Waals surface area contributed by atoms with E-state index < -0.39 is 0 Å². The van der Waals surface area contributed by atoms with Crippen LogP contribution in [0.25, 0.3) is 0 Å². The van der Waals surface area contributed by atoms with Crippen LogP contribution in [-0.4, -0.2) is 16.5 Å². The molecule has 0 bridgehead atoms. The van der Waals surface area contributed by atoms with Gasteiger partial charge in [0.1, 0.15) is 18.0 Å². The molecule has 20 heavy (non-hydrogen) atoms. The lowest BCUT2D eigenvalue weighted by atomic mass is 10.1. The zero-order chi connectivity index (χ0) is 13.9. The van der Waals surface area contributed by atoms with Gasteiger partial charge >= 0.3 is 0 Å². The molecule has 1 aliphatic rings. The predicted molar refractivity (Wildman–Crippen MR) is 81.9 cm³/mol. The summed E-state index contributed by atoms with van der Waals surface area (Å²) in [6.07, 6.45) is 2.60. The molecule has 1 aromatic heterocycles. The molecule has 0 radical (unpaired) electrons. The summed E-state index contributed by atoms with van der Waals surface area (Å²) in [6.45, 7) is 7.00. The second-order valence-corrected chi connectivity index (χ2v) is 5.03. The first-order valence-corrected chi connectivity index (χ1v) is 7.23. The number of fused-ring (bicyclic) bond motifs is 1. The highest BCUT2D eigenvalue weighted by atomic mass is 15.2. The van der Waals surface area contributed by atoms with Gasteiger partial charge in [0.15, 0.2) is 0 Å². The third-order valence-corrected chi connectivity index (χ3v) is 3.76. The Bertz CT molecular complexity index is 584. The summed E-state index contributed by atoms with van der Waals surface area (Å²) in [5.74, 6) is 2.03. The molecule has 4 nitrogen and oxygen atoms in total. The molecule has 0 amide bonds. The fraction of sp³-hybridized carbons (Fsp3) is 0.375. The zero-order valence-corrected chi connectivity index (χ0v) is 12.1. The van der Waals surface area contributed by atoms with Crippen LogP contribution in [-0.2, 0) is 19.5 Å². The van der Waals surface area contributed by atoms with E-state index in [-0.39, 0.29) is 0 Å². The highest BCUT2D eigenvalue weighted by Crippen LogP contribution is 2.31. The van der Waals surface area contributed by atoms with Gasteiger partial charge in [-0.2, -0.15) is 0 Å². The largest absolute Gasteiger partial charge is 0.370 e. The van der Waals surface area contributed by atoms with Crippen LogP contribution in [0.2, 0.25) is 0 Å². The van der Waals surface area contributed by atoms with Crippen molar-refractivity contribution >= 4 is 11.6 Å². The Balaban J connectivity index is 1.94. The lowest BCUT2D eigenvalue weighted by molar-refractivity contribution is 0.834. The van der Waals surface area contributed by atoms with Crippen molar-refractivity contribution < 1.29 is 0 Å². The average Bonchev–Trinajstić information content (AvgIpc) is 2.91. The lowest BCUT2D eigenvalue weighted by Crippen LogP contribution is -2.19. The number of benzene rings is 1. The molecule has 0 spiro atoms. The van der Waals surface area contributed by atoms with Gasteiger partial charge in [-0.05, 0) is 24.5 Å². The quantitative estimate of drug-likeness (QED) is 0.925. The Hall–Kier alpha value is -2.10. The van der Waals surface area contributed by atoms with Gasteiger partial charge in [-0.3, -0.25) is 0 Å². The SMILES string of the molecule is CCNc1ncnc(N2Cc3ccccc3C2)c1CC. The van der Waals surface area contributed by atoms with Crippen molar-refractivity contribution in [2.24, 2.45) is 0 Å². The number of hydrogen-bond acceptors (Lipinski definition) is 4. The molecule has 104 valence electrons. The van der Waals surface area contributed by atoms with E-state index in [0.717, 1.165) is 37.7 Å². The van der Waals surface area contributed by atoms with Gasteiger partial charge in [-0.15, -0.1) is 0 Å². The molecule has 4 heteroatoms. The van der Waals surface area contributed by atoms with Crippen molar-refractivity contribution in [2.45, 2.75) is 33.4 Å². The van der Waals surface area contributed by atoms with Crippen LogP contribution in [0.3, 0.4) is 0 Å². The van der Waals surface area contributed by atoms with Crippen LogP contribution < -0.4 is 10.2 Å². The average molecular weight is 268 g/mol. The maximum atomic E-state index is 4.53. The van der Waals surface area contributed by atoms with E-state index in [0.29, 0.717) is 0 Å². The van der Waals surface area contributed by atoms with Crippen LogP contribution in [0.4, 0.5) is 11.6 Å². The van der Waals surface area contributed by atoms with Crippen molar-refractivity contribution in [1.29, 1.82) is 0 Å². The summed E-state index contributed by atoms with van der Waals surface area (Å²) in [5.41, 5.74) is 4.01. The minimum atomic E-state index is 0.879. The van der Waals surface area contributed by atoms with Gasteiger partial charge < -0.3 is 10.2 Å². The highest BCUT2D eigenvalue weighted by Gasteiger charge is 2.22. The van der Waals surface area contributed by atoms with Gasteiger partial charge in [0, 0.05) is 25.2 Å². The molecule has 3 rings (SSSR count). The smallest absolute Gasteiger partial charge is 0.137 e. The molecule has 0 aliphatic carbocycles. The Morgan fingerprint density at radius 1 is 1.10 bits per heavy atom. The van der Waals surface area contributed by atoms with E-state index in [1.54, 1.807) is 6.33 Å². The van der Waals surface area contributed by atoms with Crippen molar-refractivity contribution in [3.05, 3.63) is 47.3 Å². The third-order valence-electron chi connectivity index (χ3n) is 3.76. The number of aromatic nitrogens is 2. The Labute approximate surface area is 119 Å². The second kappa shape index (κ2) is 5.49. The minimum Gasteiger partial charge on any atom is -0.370 e. The number of hydrogen-bond donors (Lipinski definition) is 1. The van der Waals surface area contributed by atoms with Gasteiger partial charge in [-0.1, -0.05) is 31.2 Å². The fourth-order valence-electron chi connectivity index (χ4n) is 2.80. The van der Waals surface area contributed by atoms with Crippen LogP contribution in [0.1, 0.15) is 30.5 Å². The maximum absolute atomic E-state index is 4.53. The summed E-state index contributed by atoms with van der Waals surface area (Å²) in [5, 5.41) is 3.33. The zero-order valence-electron chi connectivity index (χ0n) is 12.1. The van der Waals surface area contributed by atoms with Gasteiger partial charge in [-0.25, -0.2) is 9.97 Å². The molecule has 1 aromatic carbocycles. The Kier molecular flexibility index (Phi) is 3.54. The first-order chi connectivity index (χ1) is 9.83. The first-order valence-electron chi connectivity index (χ1n) is 7.23. The normalized spacial score (nSPS) is 13.4. The third kappa shape index (κ3) is 2.22. The predicted octanol–water partition coefficient (Wildman–Crippen LogP) is 2.99. The van der Waals surface area contributed by atoms with E-state index >= 15 is 0 Å². The van der Waals surface area contributed by atoms with Gasteiger partial charge in [0.2, 0.25) is 0 Å². The maximum Gasteiger partial charge on any atom is 0.137 e. The summed E-state index contributed by atoms with van der Waals surface area (Å²) in [4.78, 5) is 11.2. The molecule has 0 saturated heterocycles. The monoisotopic (exact) mass is 268 g/mol. The Morgan fingerprint density at radius 3 is 2.40 bits per heavy atom. The summed E-state index contributed by atoms with van der Waals surface area (Å²) < 4.78 is 0. The summed E-state index contributed by atoms with van der Waals surface area (Å²) in [7, 11) is 0. The van der Waals surface area contributed by atoms with E-state index in [4.69, 9.17) is 0 Å². The molecule has 0 atom stereocenters.